The number of hydrogen-bond donors (Lipinski definition) is 1. The van der Waals surface area contributed by atoms with E-state index in [1.54, 1.807) is 0 Å². The number of nitrogens with one attached hydrogen (secondary N) is 1. The van der Waals surface area contributed by atoms with E-state index in [0.29, 0.717) is 6.07 Å². The van der Waals surface area contributed by atoms with E-state index >= 15 is 0 Å². The Labute approximate surface area is 108 Å². The number of hydrogen-bond acceptors (Lipinski definition) is 4. The minimum absolute atomic E-state index is 0.00565. The Kier molecular flexibility index (Phi) is 4.39. The number of benzene rings is 1. The fourth-order valence-corrected chi connectivity index (χ4v) is 2.10. The first-order valence-electron chi connectivity index (χ1n) is 6.08. The van der Waals surface area contributed by atoms with Crippen LogP contribution in [0, 0.1) is 21.7 Å². The Balaban J connectivity index is 1.98. The van der Waals surface area contributed by atoms with Gasteiger partial charge >= 0.3 is 5.69 Å². The summed E-state index contributed by atoms with van der Waals surface area (Å²) in [6, 6.07) is 1.40. The van der Waals surface area contributed by atoms with Crippen molar-refractivity contribution in [2.45, 2.75) is 38.3 Å². The van der Waals surface area contributed by atoms with Crippen molar-refractivity contribution < 1.29 is 18.5 Å². The molecule has 0 radical (unpaired) electrons. The second-order valence-corrected chi connectivity index (χ2v) is 4.50. The van der Waals surface area contributed by atoms with Crippen molar-refractivity contribution >= 4 is 5.69 Å². The highest BCUT2D eigenvalue weighted by atomic mass is 19.1. The van der Waals surface area contributed by atoms with Gasteiger partial charge in [-0.15, -0.1) is 0 Å². The fraction of sp³-hybridized carbons (Fsp3) is 0.500. The molecule has 2 rings (SSSR count). The summed E-state index contributed by atoms with van der Waals surface area (Å²) in [6.07, 6.45) is 4.18. The van der Waals surface area contributed by atoms with E-state index in [1.165, 1.54) is 0 Å². The predicted molar refractivity (Wildman–Crippen MR) is 63.2 cm³/mol. The van der Waals surface area contributed by atoms with Gasteiger partial charge in [-0.3, -0.25) is 15.0 Å². The van der Waals surface area contributed by atoms with Gasteiger partial charge in [-0.05, 0) is 12.8 Å². The lowest BCUT2D eigenvalue weighted by Crippen LogP contribution is -2.22. The summed E-state index contributed by atoms with van der Waals surface area (Å²) in [5.74, 6) is -2.01. The Bertz CT molecular complexity index is 476. The first kappa shape index (κ1) is 13.8. The number of nitrogens with zero attached hydrogens (tertiary/aromatic N) is 1. The van der Waals surface area contributed by atoms with Crippen molar-refractivity contribution in [3.05, 3.63) is 39.4 Å². The summed E-state index contributed by atoms with van der Waals surface area (Å²) in [6.45, 7) is -0.0382. The molecule has 0 atom stereocenters. The quantitative estimate of drug-likeness (QED) is 0.661. The molecule has 1 aliphatic rings. The highest BCUT2D eigenvalue weighted by molar-refractivity contribution is 5.37. The Hall–Kier alpha value is -1.60. The lowest BCUT2D eigenvalue weighted by atomic mass is 10.2. The van der Waals surface area contributed by atoms with E-state index in [-0.39, 0.29) is 18.2 Å². The topological polar surface area (TPSA) is 64.4 Å². The van der Waals surface area contributed by atoms with Crippen LogP contribution in [0.2, 0.25) is 0 Å². The number of nitro benzene ring substituents is 1. The van der Waals surface area contributed by atoms with Crippen LogP contribution >= 0.6 is 0 Å². The van der Waals surface area contributed by atoms with E-state index in [2.05, 4.69) is 5.48 Å². The molecule has 104 valence electrons. The second kappa shape index (κ2) is 6.03. The van der Waals surface area contributed by atoms with E-state index < -0.39 is 22.2 Å². The van der Waals surface area contributed by atoms with Crippen LogP contribution in [-0.4, -0.2) is 11.0 Å². The average molecular weight is 272 g/mol. The van der Waals surface area contributed by atoms with Crippen molar-refractivity contribution in [1.82, 2.24) is 5.48 Å². The van der Waals surface area contributed by atoms with Gasteiger partial charge in [0, 0.05) is 24.2 Å². The van der Waals surface area contributed by atoms with Gasteiger partial charge in [-0.1, -0.05) is 12.8 Å². The van der Waals surface area contributed by atoms with Crippen LogP contribution < -0.4 is 5.48 Å². The molecule has 1 N–H and O–H groups in total. The monoisotopic (exact) mass is 272 g/mol. The standard InChI is InChI=1S/C12H14F2N2O3/c13-10-6-11(14)12(16(17)18)5-8(10)7-15-19-9-3-1-2-4-9/h5-6,9,15H,1-4,7H2. The molecule has 0 amide bonds. The molecule has 1 saturated carbocycles. The maximum Gasteiger partial charge on any atom is 0.305 e. The van der Waals surface area contributed by atoms with E-state index in [1.807, 2.05) is 0 Å². The molecule has 0 aliphatic heterocycles. The molecule has 0 heterocycles. The number of nitro groups is 1. The van der Waals surface area contributed by atoms with Gasteiger partial charge in [0.25, 0.3) is 0 Å². The van der Waals surface area contributed by atoms with Crippen LogP contribution in [0.1, 0.15) is 31.2 Å². The van der Waals surface area contributed by atoms with Crippen LogP contribution in [0.4, 0.5) is 14.5 Å². The van der Waals surface area contributed by atoms with Gasteiger partial charge in [0.15, 0.2) is 0 Å². The van der Waals surface area contributed by atoms with Crippen molar-refractivity contribution in [3.8, 4) is 0 Å². The highest BCUT2D eigenvalue weighted by Gasteiger charge is 2.19. The summed E-state index contributed by atoms with van der Waals surface area (Å²) < 4.78 is 26.6. The molecule has 1 aliphatic carbocycles. The summed E-state index contributed by atoms with van der Waals surface area (Å²) >= 11 is 0. The normalized spacial score (nSPS) is 15.9. The number of halogens is 2. The molecule has 0 saturated heterocycles. The summed E-state index contributed by atoms with van der Waals surface area (Å²) in [5, 5.41) is 10.6. The lowest BCUT2D eigenvalue weighted by Gasteiger charge is -2.12. The third kappa shape index (κ3) is 3.45. The van der Waals surface area contributed by atoms with Crippen LogP contribution in [-0.2, 0) is 11.4 Å². The van der Waals surface area contributed by atoms with Gasteiger partial charge in [0.2, 0.25) is 5.82 Å². The molecule has 0 bridgehead atoms. The molecule has 0 unspecified atom stereocenters. The van der Waals surface area contributed by atoms with E-state index in [9.17, 15) is 18.9 Å². The number of hydroxylamine groups is 1. The van der Waals surface area contributed by atoms with Gasteiger partial charge in [0.05, 0.1) is 11.0 Å². The van der Waals surface area contributed by atoms with Crippen molar-refractivity contribution in [2.75, 3.05) is 0 Å². The molecule has 5 nitrogen and oxygen atoms in total. The van der Waals surface area contributed by atoms with Gasteiger partial charge in [-0.25, -0.2) is 4.39 Å². The molecule has 19 heavy (non-hydrogen) atoms. The minimum atomic E-state index is -1.18. The average Bonchev–Trinajstić information content (AvgIpc) is 2.84. The predicted octanol–water partition coefficient (Wildman–Crippen LogP) is 2.84. The number of rotatable bonds is 5. The molecule has 0 aromatic heterocycles. The van der Waals surface area contributed by atoms with E-state index in [0.717, 1.165) is 31.7 Å². The zero-order valence-corrected chi connectivity index (χ0v) is 10.2. The highest BCUT2D eigenvalue weighted by Crippen LogP contribution is 2.22. The van der Waals surface area contributed by atoms with Gasteiger partial charge in [0.1, 0.15) is 5.82 Å². The molecule has 1 aromatic carbocycles. The zero-order chi connectivity index (χ0) is 13.8. The molecule has 0 spiro atoms. The zero-order valence-electron chi connectivity index (χ0n) is 10.2. The maximum atomic E-state index is 13.4. The molecular weight excluding hydrogens is 258 g/mol. The largest absolute Gasteiger partial charge is 0.305 e. The van der Waals surface area contributed by atoms with Crippen LogP contribution in [0.5, 0.6) is 0 Å². The summed E-state index contributed by atoms with van der Waals surface area (Å²) in [4.78, 5) is 15.0. The Morgan fingerprint density at radius 2 is 2.00 bits per heavy atom. The van der Waals surface area contributed by atoms with Crippen molar-refractivity contribution in [3.63, 3.8) is 0 Å². The maximum absolute atomic E-state index is 13.4. The van der Waals surface area contributed by atoms with Crippen LogP contribution in [0.3, 0.4) is 0 Å². The smallest absolute Gasteiger partial charge is 0.298 e. The third-order valence-electron chi connectivity index (χ3n) is 3.13. The molecular formula is C12H14F2N2O3. The lowest BCUT2D eigenvalue weighted by molar-refractivity contribution is -0.387. The first-order chi connectivity index (χ1) is 9.08. The molecule has 1 aromatic rings. The van der Waals surface area contributed by atoms with Crippen molar-refractivity contribution in [2.24, 2.45) is 0 Å². The first-order valence-corrected chi connectivity index (χ1v) is 6.08. The second-order valence-electron chi connectivity index (χ2n) is 4.50. The SMILES string of the molecule is O=[N+]([O-])c1cc(CNOC2CCCC2)c(F)cc1F. The minimum Gasteiger partial charge on any atom is -0.298 e. The van der Waals surface area contributed by atoms with E-state index in [4.69, 9.17) is 4.84 Å². The Morgan fingerprint density at radius 3 is 2.63 bits per heavy atom. The van der Waals surface area contributed by atoms with Crippen LogP contribution in [0.25, 0.3) is 0 Å². The molecule has 1 fully saturated rings. The third-order valence-corrected chi connectivity index (χ3v) is 3.13. The van der Waals surface area contributed by atoms with Crippen LogP contribution in [0.15, 0.2) is 12.1 Å². The summed E-state index contributed by atoms with van der Waals surface area (Å²) in [7, 11) is 0. The fourth-order valence-electron chi connectivity index (χ4n) is 2.10. The Morgan fingerprint density at radius 1 is 1.32 bits per heavy atom. The van der Waals surface area contributed by atoms with Gasteiger partial charge < -0.3 is 0 Å². The molecule has 7 heteroatoms. The van der Waals surface area contributed by atoms with Crippen molar-refractivity contribution in [1.29, 1.82) is 0 Å². The summed E-state index contributed by atoms with van der Waals surface area (Å²) in [5.41, 5.74) is 1.85. The van der Waals surface area contributed by atoms with Gasteiger partial charge in [-0.2, -0.15) is 9.87 Å².